The fraction of sp³-hybridized carbons (Fsp3) is 0.684. The Morgan fingerprint density at radius 3 is 1.48 bits per heavy atom. The number of anilines is 2. The van der Waals surface area contributed by atoms with Crippen LogP contribution in [0.25, 0.3) is 0 Å². The molecule has 1 rings (SSSR count). The second kappa shape index (κ2) is 8.31. The van der Waals surface area contributed by atoms with Crippen molar-refractivity contribution in [3.63, 3.8) is 0 Å². The first-order chi connectivity index (χ1) is 9.98. The number of rotatable bonds is 8. The SMILES string of the molecule is CCc1cc(CC)c(NC(C)CC)c(C)c1NC(C)CC. The molecule has 0 radical (unpaired) electrons. The Hall–Kier alpha value is -1.18. The summed E-state index contributed by atoms with van der Waals surface area (Å²) in [5, 5.41) is 7.44. The van der Waals surface area contributed by atoms with Gasteiger partial charge in [0.1, 0.15) is 0 Å². The maximum absolute atomic E-state index is 3.72. The number of benzene rings is 1. The lowest BCUT2D eigenvalue weighted by atomic mass is 9.96. The molecule has 0 aliphatic carbocycles. The second-order valence-corrected chi connectivity index (χ2v) is 6.18. The molecule has 2 unspecified atom stereocenters. The van der Waals surface area contributed by atoms with Crippen LogP contribution in [-0.2, 0) is 12.8 Å². The standard InChI is InChI=1S/C19H34N2/c1-8-13(5)20-18-15(7)19(21-14(6)9-2)17(11-4)12-16(18)10-3/h12-14,20-21H,8-11H2,1-7H3. The maximum Gasteiger partial charge on any atom is 0.0425 e. The van der Waals surface area contributed by atoms with Crippen LogP contribution in [0.4, 0.5) is 11.4 Å². The molecule has 0 saturated heterocycles. The lowest BCUT2D eigenvalue weighted by molar-refractivity contribution is 0.755. The summed E-state index contributed by atoms with van der Waals surface area (Å²) in [6.45, 7) is 15.7. The van der Waals surface area contributed by atoms with Crippen molar-refractivity contribution in [3.8, 4) is 0 Å². The molecule has 0 amide bonds. The molecule has 0 aliphatic rings. The van der Waals surface area contributed by atoms with Gasteiger partial charge in [0.05, 0.1) is 0 Å². The number of aryl methyl sites for hydroxylation is 2. The largest absolute Gasteiger partial charge is 0.382 e. The van der Waals surface area contributed by atoms with E-state index >= 15 is 0 Å². The summed E-state index contributed by atoms with van der Waals surface area (Å²) >= 11 is 0. The molecule has 0 heterocycles. The Labute approximate surface area is 131 Å². The summed E-state index contributed by atoms with van der Waals surface area (Å²) < 4.78 is 0. The van der Waals surface area contributed by atoms with Crippen molar-refractivity contribution >= 4 is 11.4 Å². The van der Waals surface area contributed by atoms with Crippen molar-refractivity contribution in [2.75, 3.05) is 10.6 Å². The van der Waals surface area contributed by atoms with Gasteiger partial charge >= 0.3 is 0 Å². The monoisotopic (exact) mass is 290 g/mol. The van der Waals surface area contributed by atoms with Crippen LogP contribution in [-0.4, -0.2) is 12.1 Å². The molecule has 120 valence electrons. The van der Waals surface area contributed by atoms with Crippen molar-refractivity contribution in [1.29, 1.82) is 0 Å². The lowest BCUT2D eigenvalue weighted by Crippen LogP contribution is -2.20. The first kappa shape index (κ1) is 17.9. The highest BCUT2D eigenvalue weighted by Crippen LogP contribution is 2.33. The van der Waals surface area contributed by atoms with E-state index in [0.717, 1.165) is 25.7 Å². The van der Waals surface area contributed by atoms with Gasteiger partial charge in [0.15, 0.2) is 0 Å². The Balaban J connectivity index is 3.31. The van der Waals surface area contributed by atoms with Crippen molar-refractivity contribution in [1.82, 2.24) is 0 Å². The Morgan fingerprint density at radius 2 is 1.19 bits per heavy atom. The van der Waals surface area contributed by atoms with Gasteiger partial charge in [0, 0.05) is 23.5 Å². The summed E-state index contributed by atoms with van der Waals surface area (Å²) in [6.07, 6.45) is 4.45. The van der Waals surface area contributed by atoms with E-state index < -0.39 is 0 Å². The molecule has 1 aromatic rings. The van der Waals surface area contributed by atoms with Crippen LogP contribution < -0.4 is 10.6 Å². The number of hydrogen-bond donors (Lipinski definition) is 2. The minimum Gasteiger partial charge on any atom is -0.382 e. The van der Waals surface area contributed by atoms with Crippen LogP contribution in [0.2, 0.25) is 0 Å². The first-order valence-electron chi connectivity index (χ1n) is 8.66. The molecule has 0 saturated carbocycles. The highest BCUT2D eigenvalue weighted by atomic mass is 14.9. The number of hydrogen-bond acceptors (Lipinski definition) is 2. The number of nitrogens with one attached hydrogen (secondary N) is 2. The molecule has 2 heteroatoms. The maximum atomic E-state index is 3.72. The molecule has 2 nitrogen and oxygen atoms in total. The molecular weight excluding hydrogens is 256 g/mol. The molecular formula is C19H34N2. The highest BCUT2D eigenvalue weighted by Gasteiger charge is 2.15. The van der Waals surface area contributed by atoms with Gasteiger partial charge in [0.25, 0.3) is 0 Å². The third kappa shape index (κ3) is 4.39. The predicted molar refractivity (Wildman–Crippen MR) is 96.7 cm³/mol. The zero-order valence-corrected chi connectivity index (χ0v) is 15.1. The minimum atomic E-state index is 0.512. The van der Waals surface area contributed by atoms with Gasteiger partial charge in [-0.3, -0.25) is 0 Å². The van der Waals surface area contributed by atoms with E-state index in [1.54, 1.807) is 0 Å². The summed E-state index contributed by atoms with van der Waals surface area (Å²) in [4.78, 5) is 0. The van der Waals surface area contributed by atoms with Crippen LogP contribution in [0, 0.1) is 6.92 Å². The van der Waals surface area contributed by atoms with E-state index in [2.05, 4.69) is 65.2 Å². The van der Waals surface area contributed by atoms with Crippen LogP contribution in [0.5, 0.6) is 0 Å². The van der Waals surface area contributed by atoms with Gasteiger partial charge in [-0.25, -0.2) is 0 Å². The summed E-state index contributed by atoms with van der Waals surface area (Å²) in [5.41, 5.74) is 6.95. The topological polar surface area (TPSA) is 24.1 Å². The predicted octanol–water partition coefficient (Wildman–Crippen LogP) is 5.54. The zero-order chi connectivity index (χ0) is 16.0. The van der Waals surface area contributed by atoms with E-state index in [-0.39, 0.29) is 0 Å². The Morgan fingerprint density at radius 1 is 0.810 bits per heavy atom. The molecule has 0 aromatic heterocycles. The van der Waals surface area contributed by atoms with Crippen molar-refractivity contribution in [3.05, 3.63) is 22.8 Å². The van der Waals surface area contributed by atoms with Gasteiger partial charge in [-0.2, -0.15) is 0 Å². The lowest BCUT2D eigenvalue weighted by Gasteiger charge is -2.25. The van der Waals surface area contributed by atoms with Gasteiger partial charge in [0.2, 0.25) is 0 Å². The summed E-state index contributed by atoms with van der Waals surface area (Å²) in [6, 6.07) is 3.42. The fourth-order valence-electron chi connectivity index (χ4n) is 2.62. The van der Waals surface area contributed by atoms with Crippen molar-refractivity contribution in [2.45, 2.75) is 86.2 Å². The first-order valence-corrected chi connectivity index (χ1v) is 8.66. The molecule has 2 N–H and O–H groups in total. The van der Waals surface area contributed by atoms with Crippen LogP contribution >= 0.6 is 0 Å². The van der Waals surface area contributed by atoms with Gasteiger partial charge in [-0.15, -0.1) is 0 Å². The third-order valence-corrected chi connectivity index (χ3v) is 4.51. The smallest absolute Gasteiger partial charge is 0.0425 e. The summed E-state index contributed by atoms with van der Waals surface area (Å²) in [7, 11) is 0. The zero-order valence-electron chi connectivity index (χ0n) is 15.1. The highest BCUT2D eigenvalue weighted by molar-refractivity contribution is 5.72. The molecule has 1 aromatic carbocycles. The van der Waals surface area contributed by atoms with Gasteiger partial charge in [-0.1, -0.05) is 33.8 Å². The van der Waals surface area contributed by atoms with Crippen LogP contribution in [0.3, 0.4) is 0 Å². The molecule has 0 spiro atoms. The van der Waals surface area contributed by atoms with E-state index in [1.165, 1.54) is 28.1 Å². The van der Waals surface area contributed by atoms with Crippen LogP contribution in [0.15, 0.2) is 6.07 Å². The Bertz CT molecular complexity index is 413. The Kier molecular flexibility index (Phi) is 7.07. The van der Waals surface area contributed by atoms with E-state index in [9.17, 15) is 0 Å². The van der Waals surface area contributed by atoms with Gasteiger partial charge in [-0.05, 0) is 63.1 Å². The minimum absolute atomic E-state index is 0.512. The van der Waals surface area contributed by atoms with E-state index in [0.29, 0.717) is 12.1 Å². The van der Waals surface area contributed by atoms with Crippen molar-refractivity contribution < 1.29 is 0 Å². The normalized spacial score (nSPS) is 13.9. The summed E-state index contributed by atoms with van der Waals surface area (Å²) in [5.74, 6) is 0. The molecule has 2 atom stereocenters. The van der Waals surface area contributed by atoms with Crippen molar-refractivity contribution in [2.24, 2.45) is 0 Å². The molecule has 0 aliphatic heterocycles. The third-order valence-electron chi connectivity index (χ3n) is 4.51. The second-order valence-electron chi connectivity index (χ2n) is 6.18. The molecule has 0 fully saturated rings. The molecule has 0 bridgehead atoms. The molecule has 21 heavy (non-hydrogen) atoms. The van der Waals surface area contributed by atoms with E-state index in [4.69, 9.17) is 0 Å². The average Bonchev–Trinajstić information content (AvgIpc) is 2.50. The van der Waals surface area contributed by atoms with E-state index in [1.807, 2.05) is 0 Å². The van der Waals surface area contributed by atoms with Crippen LogP contribution in [0.1, 0.15) is 71.1 Å². The van der Waals surface area contributed by atoms with Gasteiger partial charge < -0.3 is 10.6 Å². The average molecular weight is 290 g/mol. The quantitative estimate of drug-likeness (QED) is 0.656. The fourth-order valence-corrected chi connectivity index (χ4v) is 2.62.